The van der Waals surface area contributed by atoms with Crippen LogP contribution in [0.25, 0.3) is 22.4 Å². The van der Waals surface area contributed by atoms with E-state index in [-0.39, 0.29) is 28.3 Å². The lowest BCUT2D eigenvalue weighted by Gasteiger charge is -2.17. The summed E-state index contributed by atoms with van der Waals surface area (Å²) in [4.78, 5) is 45.0. The normalized spacial score (nSPS) is 12.3. The molecule has 0 N–H and O–H groups in total. The number of aliphatic carboxylic acids is 1. The first-order valence-corrected chi connectivity index (χ1v) is 9.23. The van der Waals surface area contributed by atoms with Gasteiger partial charge in [0.25, 0.3) is 5.56 Å². The molecular formula is C18H16FN4O4S-. The maximum absolute atomic E-state index is 13.6. The number of benzene rings is 1. The molecule has 10 heteroatoms. The number of carbonyl (C=O) groups excluding carboxylic acids is 1. The van der Waals surface area contributed by atoms with Gasteiger partial charge in [-0.2, -0.15) is 0 Å². The van der Waals surface area contributed by atoms with Gasteiger partial charge in [-0.25, -0.2) is 19.2 Å². The molecule has 0 aliphatic heterocycles. The van der Waals surface area contributed by atoms with Crippen molar-refractivity contribution in [3.8, 4) is 11.4 Å². The number of fused-ring (bicyclic) bond motifs is 1. The van der Waals surface area contributed by atoms with Crippen LogP contribution < -0.4 is 16.4 Å². The first-order valence-electron chi connectivity index (χ1n) is 8.35. The SMILES string of the molecule is CC[C@H](Sc1nc(-c2cccc(F)c2)nc2c1c(=O)n(C)c(=O)n2C)C(=O)[O-]. The fourth-order valence-electron chi connectivity index (χ4n) is 2.70. The Morgan fingerprint density at radius 3 is 2.57 bits per heavy atom. The Morgan fingerprint density at radius 2 is 1.96 bits per heavy atom. The molecule has 28 heavy (non-hydrogen) atoms. The summed E-state index contributed by atoms with van der Waals surface area (Å²) < 4.78 is 15.7. The quantitative estimate of drug-likeness (QED) is 0.449. The molecule has 146 valence electrons. The van der Waals surface area contributed by atoms with Gasteiger partial charge in [0.05, 0.1) is 11.2 Å². The number of carboxylic acid groups (broad SMARTS) is 1. The Morgan fingerprint density at radius 1 is 1.25 bits per heavy atom. The van der Waals surface area contributed by atoms with E-state index in [2.05, 4.69) is 9.97 Å². The average Bonchev–Trinajstić information content (AvgIpc) is 2.67. The molecular weight excluding hydrogens is 387 g/mol. The third kappa shape index (κ3) is 3.42. The first-order chi connectivity index (χ1) is 13.2. The molecule has 1 aromatic carbocycles. The van der Waals surface area contributed by atoms with E-state index >= 15 is 0 Å². The van der Waals surface area contributed by atoms with E-state index in [1.807, 2.05) is 0 Å². The van der Waals surface area contributed by atoms with Gasteiger partial charge in [-0.3, -0.25) is 13.9 Å². The molecule has 0 aliphatic carbocycles. The molecule has 0 aliphatic rings. The summed E-state index contributed by atoms with van der Waals surface area (Å²) in [6.45, 7) is 1.66. The van der Waals surface area contributed by atoms with E-state index in [9.17, 15) is 23.9 Å². The highest BCUT2D eigenvalue weighted by molar-refractivity contribution is 8.00. The van der Waals surface area contributed by atoms with Crippen molar-refractivity contribution in [2.45, 2.75) is 23.6 Å². The molecule has 0 fully saturated rings. The lowest BCUT2D eigenvalue weighted by molar-refractivity contribution is -0.304. The predicted octanol–water partition coefficient (Wildman–Crippen LogP) is 0.454. The maximum Gasteiger partial charge on any atom is 0.332 e. The minimum absolute atomic E-state index is 0.0226. The summed E-state index contributed by atoms with van der Waals surface area (Å²) in [5.74, 6) is -1.73. The summed E-state index contributed by atoms with van der Waals surface area (Å²) in [7, 11) is 2.76. The third-order valence-corrected chi connectivity index (χ3v) is 5.57. The number of nitrogens with zero attached hydrogens (tertiary/aromatic N) is 4. The second-order valence-electron chi connectivity index (χ2n) is 6.10. The number of thioether (sulfide) groups is 1. The first kappa shape index (κ1) is 19.7. The Balaban J connectivity index is 2.39. The molecule has 1 atom stereocenters. The van der Waals surface area contributed by atoms with Crippen molar-refractivity contribution in [3.63, 3.8) is 0 Å². The van der Waals surface area contributed by atoms with Gasteiger partial charge in [0.1, 0.15) is 16.2 Å². The van der Waals surface area contributed by atoms with Crippen LogP contribution in [0.15, 0.2) is 38.9 Å². The number of carboxylic acids is 1. The number of aromatic nitrogens is 4. The van der Waals surface area contributed by atoms with E-state index in [0.29, 0.717) is 5.56 Å². The molecule has 0 bridgehead atoms. The van der Waals surface area contributed by atoms with E-state index in [0.717, 1.165) is 16.3 Å². The Kier molecular flexibility index (Phi) is 5.32. The van der Waals surface area contributed by atoms with Crippen LogP contribution in [-0.2, 0) is 18.9 Å². The molecule has 3 aromatic rings. The van der Waals surface area contributed by atoms with Crippen LogP contribution in [0.5, 0.6) is 0 Å². The van der Waals surface area contributed by atoms with Gasteiger partial charge in [0, 0.05) is 19.7 Å². The molecule has 0 spiro atoms. The Labute approximate surface area is 162 Å². The average molecular weight is 403 g/mol. The molecule has 0 radical (unpaired) electrons. The van der Waals surface area contributed by atoms with E-state index < -0.39 is 28.3 Å². The highest BCUT2D eigenvalue weighted by Crippen LogP contribution is 2.30. The minimum atomic E-state index is -1.30. The van der Waals surface area contributed by atoms with Crippen molar-refractivity contribution in [1.29, 1.82) is 0 Å². The predicted molar refractivity (Wildman–Crippen MR) is 100 cm³/mol. The molecule has 0 unspecified atom stereocenters. The van der Waals surface area contributed by atoms with Crippen molar-refractivity contribution in [1.82, 2.24) is 19.1 Å². The number of hydrogen-bond acceptors (Lipinski definition) is 7. The standard InChI is InChI=1S/C18H17FN4O4S/c1-4-11(17(25)26)28-15-12-14(22(2)18(27)23(3)16(12)24)20-13(21-15)9-6-5-7-10(19)8-9/h5-8,11H,4H2,1-3H3,(H,25,26)/p-1/t11-/m0/s1. The van der Waals surface area contributed by atoms with Crippen LogP contribution in [0.2, 0.25) is 0 Å². The van der Waals surface area contributed by atoms with Crippen LogP contribution in [0.4, 0.5) is 4.39 Å². The fourth-order valence-corrected chi connectivity index (χ4v) is 3.67. The van der Waals surface area contributed by atoms with Crippen molar-refractivity contribution in [2.24, 2.45) is 14.1 Å². The van der Waals surface area contributed by atoms with Crippen LogP contribution in [0.1, 0.15) is 13.3 Å². The molecule has 0 saturated heterocycles. The van der Waals surface area contributed by atoms with Crippen LogP contribution in [-0.4, -0.2) is 30.3 Å². The topological polar surface area (TPSA) is 110 Å². The summed E-state index contributed by atoms with van der Waals surface area (Å²) in [5, 5.41) is 10.5. The zero-order chi connectivity index (χ0) is 20.6. The number of hydrogen-bond donors (Lipinski definition) is 0. The van der Waals surface area contributed by atoms with Gasteiger partial charge < -0.3 is 9.90 Å². The highest BCUT2D eigenvalue weighted by atomic mass is 32.2. The summed E-state index contributed by atoms with van der Waals surface area (Å²) in [6.07, 6.45) is 0.236. The van der Waals surface area contributed by atoms with E-state index in [1.54, 1.807) is 13.0 Å². The number of rotatable bonds is 5. The minimum Gasteiger partial charge on any atom is -0.549 e. The lowest BCUT2D eigenvalue weighted by atomic mass is 10.2. The van der Waals surface area contributed by atoms with Crippen LogP contribution in [0.3, 0.4) is 0 Å². The summed E-state index contributed by atoms with van der Waals surface area (Å²) >= 11 is 0.841. The number of aryl methyl sites for hydroxylation is 1. The molecule has 2 aromatic heterocycles. The molecule has 0 saturated carbocycles. The smallest absolute Gasteiger partial charge is 0.332 e. The van der Waals surface area contributed by atoms with Crippen LogP contribution >= 0.6 is 11.8 Å². The molecule has 3 rings (SSSR count). The van der Waals surface area contributed by atoms with E-state index in [4.69, 9.17) is 0 Å². The molecule has 2 heterocycles. The summed E-state index contributed by atoms with van der Waals surface area (Å²) in [6, 6.07) is 5.53. The van der Waals surface area contributed by atoms with E-state index in [1.165, 1.54) is 36.9 Å². The van der Waals surface area contributed by atoms with Crippen molar-refractivity contribution in [3.05, 3.63) is 50.9 Å². The third-order valence-electron chi connectivity index (χ3n) is 4.24. The molecule has 8 nitrogen and oxygen atoms in total. The van der Waals surface area contributed by atoms with Gasteiger partial charge >= 0.3 is 5.69 Å². The van der Waals surface area contributed by atoms with Crippen molar-refractivity contribution < 1.29 is 14.3 Å². The van der Waals surface area contributed by atoms with Crippen molar-refractivity contribution >= 4 is 28.8 Å². The maximum atomic E-state index is 13.6. The second-order valence-corrected chi connectivity index (χ2v) is 7.29. The monoisotopic (exact) mass is 403 g/mol. The van der Waals surface area contributed by atoms with Gasteiger partial charge in [0.2, 0.25) is 0 Å². The van der Waals surface area contributed by atoms with Gasteiger partial charge in [0.15, 0.2) is 11.5 Å². The van der Waals surface area contributed by atoms with Gasteiger partial charge in [-0.15, -0.1) is 0 Å². The Hall–Kier alpha value is -3.01. The van der Waals surface area contributed by atoms with Gasteiger partial charge in [-0.1, -0.05) is 30.8 Å². The number of halogens is 1. The number of carbonyl (C=O) groups is 1. The molecule has 0 amide bonds. The zero-order valence-electron chi connectivity index (χ0n) is 15.3. The largest absolute Gasteiger partial charge is 0.549 e. The zero-order valence-corrected chi connectivity index (χ0v) is 16.1. The van der Waals surface area contributed by atoms with Gasteiger partial charge in [-0.05, 0) is 18.6 Å². The summed E-state index contributed by atoms with van der Waals surface area (Å²) in [5.41, 5.74) is -0.861. The second kappa shape index (κ2) is 7.55. The fraction of sp³-hybridized carbons (Fsp3) is 0.278. The Bertz CT molecular complexity index is 1200. The van der Waals surface area contributed by atoms with Crippen molar-refractivity contribution in [2.75, 3.05) is 0 Å². The lowest BCUT2D eigenvalue weighted by Crippen LogP contribution is -2.38. The highest BCUT2D eigenvalue weighted by Gasteiger charge is 2.21. The van der Waals surface area contributed by atoms with Crippen LogP contribution in [0, 0.1) is 5.82 Å².